The van der Waals surface area contributed by atoms with Crippen molar-refractivity contribution in [1.29, 1.82) is 0 Å². The standard InChI is InChI=1S/C26H30N4S2/c1-17-13-25(21-15-19(31-3)7-9-23(21)29-17)27-11-5-6-12-28-26-14-18(2)30-24-10-8-20(32-4)16-22(24)26/h7-10,13-16H,5-6,11-12H2,1-4H3,(H,27,29)(H,28,30). The van der Waals surface area contributed by atoms with Crippen LogP contribution in [-0.4, -0.2) is 35.6 Å². The molecule has 0 saturated heterocycles. The maximum Gasteiger partial charge on any atom is 0.0726 e. The molecule has 4 nitrogen and oxygen atoms in total. The Hall–Kier alpha value is -2.44. The van der Waals surface area contributed by atoms with Gasteiger partial charge in [-0.2, -0.15) is 0 Å². The van der Waals surface area contributed by atoms with Gasteiger partial charge in [0.2, 0.25) is 0 Å². The molecule has 2 aromatic heterocycles. The van der Waals surface area contributed by atoms with Crippen molar-refractivity contribution in [3.63, 3.8) is 0 Å². The Labute approximate surface area is 199 Å². The number of fused-ring (bicyclic) bond motifs is 2. The third-order valence-electron chi connectivity index (χ3n) is 5.52. The molecule has 2 aromatic carbocycles. The molecule has 4 aromatic rings. The number of aromatic nitrogens is 2. The summed E-state index contributed by atoms with van der Waals surface area (Å²) in [5.41, 5.74) is 6.55. The number of hydrogen-bond donors (Lipinski definition) is 2. The van der Waals surface area contributed by atoms with Crippen LogP contribution in [0.1, 0.15) is 24.2 Å². The summed E-state index contributed by atoms with van der Waals surface area (Å²) in [6.45, 7) is 5.99. The predicted octanol–water partition coefficient (Wildman–Crippen LogP) is 7.15. The van der Waals surface area contributed by atoms with Crippen LogP contribution >= 0.6 is 23.5 Å². The van der Waals surface area contributed by atoms with E-state index in [1.54, 1.807) is 23.5 Å². The second-order valence-corrected chi connectivity index (χ2v) is 9.71. The number of hydrogen-bond acceptors (Lipinski definition) is 6. The number of rotatable bonds is 9. The molecule has 0 atom stereocenters. The Kier molecular flexibility index (Phi) is 7.43. The smallest absolute Gasteiger partial charge is 0.0726 e. The Morgan fingerprint density at radius 3 is 1.50 bits per heavy atom. The number of aryl methyl sites for hydroxylation is 2. The molecule has 0 bridgehead atoms. The van der Waals surface area contributed by atoms with Crippen molar-refractivity contribution >= 4 is 56.7 Å². The van der Waals surface area contributed by atoms with E-state index in [0.717, 1.165) is 48.4 Å². The van der Waals surface area contributed by atoms with Gasteiger partial charge in [0.1, 0.15) is 0 Å². The zero-order valence-corrected chi connectivity index (χ0v) is 20.8. The summed E-state index contributed by atoms with van der Waals surface area (Å²) >= 11 is 3.53. The van der Waals surface area contributed by atoms with E-state index in [2.05, 4.69) is 95.5 Å². The molecule has 2 heterocycles. The number of nitrogens with zero attached hydrogens (tertiary/aromatic N) is 2. The minimum atomic E-state index is 0.941. The van der Waals surface area contributed by atoms with Crippen LogP contribution in [0.3, 0.4) is 0 Å². The van der Waals surface area contributed by atoms with Crippen LogP contribution < -0.4 is 10.6 Å². The summed E-state index contributed by atoms with van der Waals surface area (Å²) in [6, 6.07) is 17.3. The summed E-state index contributed by atoms with van der Waals surface area (Å²) in [6.07, 6.45) is 6.41. The Morgan fingerprint density at radius 1 is 0.656 bits per heavy atom. The third-order valence-corrected chi connectivity index (χ3v) is 6.97. The molecule has 0 unspecified atom stereocenters. The predicted molar refractivity (Wildman–Crippen MR) is 143 cm³/mol. The van der Waals surface area contributed by atoms with E-state index in [0.29, 0.717) is 0 Å². The normalized spacial score (nSPS) is 11.2. The quantitative estimate of drug-likeness (QED) is 0.203. The van der Waals surface area contributed by atoms with Gasteiger partial charge in [0.05, 0.1) is 11.0 Å². The first-order valence-corrected chi connectivity index (χ1v) is 13.4. The van der Waals surface area contributed by atoms with E-state index in [1.807, 2.05) is 0 Å². The lowest BCUT2D eigenvalue weighted by Gasteiger charge is -2.13. The van der Waals surface area contributed by atoms with Gasteiger partial charge in [-0.15, -0.1) is 23.5 Å². The van der Waals surface area contributed by atoms with Gasteiger partial charge in [-0.3, -0.25) is 9.97 Å². The van der Waals surface area contributed by atoms with Crippen LogP contribution in [-0.2, 0) is 0 Å². The Balaban J connectivity index is 1.36. The molecule has 166 valence electrons. The molecule has 0 amide bonds. The van der Waals surface area contributed by atoms with Crippen molar-refractivity contribution < 1.29 is 0 Å². The highest BCUT2D eigenvalue weighted by atomic mass is 32.2. The number of anilines is 2. The number of nitrogens with one attached hydrogen (secondary N) is 2. The van der Waals surface area contributed by atoms with Crippen LogP contribution in [0.15, 0.2) is 58.3 Å². The molecule has 32 heavy (non-hydrogen) atoms. The van der Waals surface area contributed by atoms with Crippen molar-refractivity contribution in [2.45, 2.75) is 36.5 Å². The second kappa shape index (κ2) is 10.5. The van der Waals surface area contributed by atoms with Gasteiger partial charge in [0.15, 0.2) is 0 Å². The van der Waals surface area contributed by atoms with E-state index >= 15 is 0 Å². The molecular formula is C26H30N4S2. The SMILES string of the molecule is CSc1ccc2nc(C)cc(NCCCCNc3cc(C)nc4ccc(SC)cc34)c2c1. The molecule has 6 heteroatoms. The zero-order valence-electron chi connectivity index (χ0n) is 19.2. The van der Waals surface area contributed by atoms with Gasteiger partial charge in [-0.05, 0) is 87.7 Å². The van der Waals surface area contributed by atoms with Crippen LogP contribution in [0.25, 0.3) is 21.8 Å². The molecule has 2 N–H and O–H groups in total. The summed E-state index contributed by atoms with van der Waals surface area (Å²) in [4.78, 5) is 11.9. The van der Waals surface area contributed by atoms with Crippen LogP contribution in [0.4, 0.5) is 11.4 Å². The molecule has 0 radical (unpaired) electrons. The van der Waals surface area contributed by atoms with Gasteiger partial charge < -0.3 is 10.6 Å². The maximum atomic E-state index is 4.68. The first kappa shape index (κ1) is 22.7. The fourth-order valence-corrected chi connectivity index (χ4v) is 4.80. The topological polar surface area (TPSA) is 49.8 Å². The Bertz CT molecular complexity index is 1140. The van der Waals surface area contributed by atoms with Crippen molar-refractivity contribution in [3.8, 4) is 0 Å². The third kappa shape index (κ3) is 5.30. The van der Waals surface area contributed by atoms with E-state index in [-0.39, 0.29) is 0 Å². The van der Waals surface area contributed by atoms with Gasteiger partial charge >= 0.3 is 0 Å². The second-order valence-electron chi connectivity index (χ2n) is 7.95. The van der Waals surface area contributed by atoms with E-state index in [1.165, 1.54) is 31.9 Å². The molecule has 0 aliphatic rings. The minimum Gasteiger partial charge on any atom is -0.384 e. The molecule has 0 aliphatic carbocycles. The number of benzene rings is 2. The summed E-state index contributed by atoms with van der Waals surface area (Å²) in [7, 11) is 0. The highest BCUT2D eigenvalue weighted by molar-refractivity contribution is 7.98. The van der Waals surface area contributed by atoms with Crippen LogP contribution in [0.5, 0.6) is 0 Å². The average molecular weight is 463 g/mol. The summed E-state index contributed by atoms with van der Waals surface area (Å²) < 4.78 is 0. The highest BCUT2D eigenvalue weighted by Gasteiger charge is 2.07. The van der Waals surface area contributed by atoms with Crippen molar-refractivity contribution in [2.24, 2.45) is 0 Å². The van der Waals surface area contributed by atoms with Gasteiger partial charge in [-0.1, -0.05) is 0 Å². The first-order chi connectivity index (χ1) is 15.6. The molecule has 0 spiro atoms. The maximum absolute atomic E-state index is 4.68. The first-order valence-electron chi connectivity index (χ1n) is 11.0. The van der Waals surface area contributed by atoms with Crippen LogP contribution in [0.2, 0.25) is 0 Å². The molecule has 0 fully saturated rings. The fraction of sp³-hybridized carbons (Fsp3) is 0.308. The van der Waals surface area contributed by atoms with Crippen molar-refractivity contribution in [1.82, 2.24) is 9.97 Å². The van der Waals surface area contributed by atoms with Crippen molar-refractivity contribution in [3.05, 3.63) is 59.9 Å². The Morgan fingerprint density at radius 2 is 1.09 bits per heavy atom. The lowest BCUT2D eigenvalue weighted by molar-refractivity contribution is 0.796. The zero-order chi connectivity index (χ0) is 22.5. The number of pyridine rings is 2. The molecular weight excluding hydrogens is 432 g/mol. The highest BCUT2D eigenvalue weighted by Crippen LogP contribution is 2.29. The van der Waals surface area contributed by atoms with Crippen molar-refractivity contribution in [2.75, 3.05) is 36.2 Å². The van der Waals surface area contributed by atoms with E-state index in [9.17, 15) is 0 Å². The van der Waals surface area contributed by atoms with E-state index < -0.39 is 0 Å². The van der Waals surface area contributed by atoms with Gasteiger partial charge in [0.25, 0.3) is 0 Å². The van der Waals surface area contributed by atoms with E-state index in [4.69, 9.17) is 0 Å². The largest absolute Gasteiger partial charge is 0.384 e. The van der Waals surface area contributed by atoms with Gasteiger partial charge in [-0.25, -0.2) is 0 Å². The number of unbranched alkanes of at least 4 members (excludes halogenated alkanes) is 1. The summed E-state index contributed by atoms with van der Waals surface area (Å²) in [5.74, 6) is 0. The van der Waals surface area contributed by atoms with Gasteiger partial charge in [0, 0.05) is 56.4 Å². The number of thioether (sulfide) groups is 2. The monoisotopic (exact) mass is 462 g/mol. The molecule has 0 aliphatic heterocycles. The lowest BCUT2D eigenvalue weighted by Crippen LogP contribution is -2.08. The van der Waals surface area contributed by atoms with Crippen LogP contribution in [0, 0.1) is 13.8 Å². The lowest BCUT2D eigenvalue weighted by atomic mass is 10.1. The molecule has 4 rings (SSSR count). The minimum absolute atomic E-state index is 0.941. The summed E-state index contributed by atoms with van der Waals surface area (Å²) in [5, 5.41) is 9.68. The fourth-order valence-electron chi connectivity index (χ4n) is 3.92. The average Bonchev–Trinajstić information content (AvgIpc) is 2.80. The molecule has 0 saturated carbocycles.